The van der Waals surface area contributed by atoms with Gasteiger partial charge in [-0.3, -0.25) is 0 Å². The number of hydrogen-bond acceptors (Lipinski definition) is 5. The summed E-state index contributed by atoms with van der Waals surface area (Å²) in [5.74, 6) is 0.141. The van der Waals surface area contributed by atoms with E-state index in [9.17, 15) is 5.11 Å². The van der Waals surface area contributed by atoms with Gasteiger partial charge in [0.2, 0.25) is 0 Å². The van der Waals surface area contributed by atoms with Crippen molar-refractivity contribution in [2.75, 3.05) is 0 Å². The molecule has 0 spiro atoms. The lowest BCUT2D eigenvalue weighted by atomic mass is 10.3. The molecule has 1 aromatic carbocycles. The molecule has 2 aromatic rings. The van der Waals surface area contributed by atoms with Gasteiger partial charge in [-0.1, -0.05) is 23.7 Å². The zero-order chi connectivity index (χ0) is 9.97. The van der Waals surface area contributed by atoms with Gasteiger partial charge in [-0.15, -0.1) is 0 Å². The highest BCUT2D eigenvalue weighted by molar-refractivity contribution is 7.66. The Morgan fingerprint density at radius 2 is 2.14 bits per heavy atom. The molecule has 0 atom stereocenters. The Hall–Kier alpha value is -0.910. The van der Waals surface area contributed by atoms with Gasteiger partial charge in [-0.25, -0.2) is 4.99 Å². The molecule has 14 heavy (non-hydrogen) atoms. The van der Waals surface area contributed by atoms with E-state index in [1.165, 1.54) is 20.9 Å². The molecule has 0 unspecified atom stereocenters. The van der Waals surface area contributed by atoms with Crippen LogP contribution >= 0.6 is 32.5 Å². The van der Waals surface area contributed by atoms with E-state index in [0.717, 1.165) is 0 Å². The van der Waals surface area contributed by atoms with Gasteiger partial charge in [0, 0.05) is 10.5 Å². The monoisotopic (exact) mass is 244 g/mol. The van der Waals surface area contributed by atoms with E-state index in [-0.39, 0.29) is 5.75 Å². The van der Waals surface area contributed by atoms with E-state index in [1.807, 2.05) is 0 Å². The number of aromatic hydroxyl groups is 1. The summed E-state index contributed by atoms with van der Waals surface area (Å²) in [6.45, 7) is 0. The Morgan fingerprint density at radius 3 is 2.79 bits per heavy atom. The summed E-state index contributed by atoms with van der Waals surface area (Å²) in [4.78, 5) is 4.18. The summed E-state index contributed by atoms with van der Waals surface area (Å²) in [6, 6.07) is 6.84. The number of phenols is 1. The number of rotatable bonds is 1. The van der Waals surface area contributed by atoms with E-state index in [0.29, 0.717) is 15.5 Å². The van der Waals surface area contributed by atoms with Crippen LogP contribution in [0.25, 0.3) is 0 Å². The van der Waals surface area contributed by atoms with Crippen LogP contribution in [0, 0.1) is 0 Å². The quantitative estimate of drug-likeness (QED) is 0.784. The fourth-order valence-electron chi connectivity index (χ4n) is 0.893. The van der Waals surface area contributed by atoms with Crippen LogP contribution < -0.4 is 4.67 Å². The number of nitrogens with zero attached hydrogens (tertiary/aromatic N) is 2. The molecule has 0 aliphatic carbocycles. The highest BCUT2D eigenvalue weighted by Crippen LogP contribution is 2.24. The van der Waals surface area contributed by atoms with Crippen LogP contribution in [0.5, 0.6) is 5.75 Å². The highest BCUT2D eigenvalue weighted by Gasteiger charge is 2.00. The van der Waals surface area contributed by atoms with Gasteiger partial charge < -0.3 is 5.11 Å². The zero-order valence-electron chi connectivity index (χ0n) is 6.85. The maximum absolute atomic E-state index is 9.45. The molecule has 0 bridgehead atoms. The summed E-state index contributed by atoms with van der Waals surface area (Å²) in [7, 11) is 2.65. The molecule has 0 saturated carbocycles. The maximum Gasteiger partial charge on any atom is 0.179 e. The number of phenolic OH excluding ortho intramolecular Hbond substituents is 1. The van der Waals surface area contributed by atoms with E-state index < -0.39 is 0 Å². The van der Waals surface area contributed by atoms with Crippen molar-refractivity contribution in [2.24, 2.45) is 4.99 Å². The van der Waals surface area contributed by atoms with Crippen molar-refractivity contribution in [3.05, 3.63) is 34.1 Å². The average Bonchev–Trinajstić information content (AvgIpc) is 2.56. The first kappa shape index (κ1) is 9.64. The standard InChI is InChI=1S/C8H5ClN2OS2/c9-7-8(13-14-11-7)10-5-3-1-2-4-6(5)12/h1-4,12H. The van der Waals surface area contributed by atoms with Crippen LogP contribution in [0.3, 0.4) is 0 Å². The zero-order valence-corrected chi connectivity index (χ0v) is 9.23. The van der Waals surface area contributed by atoms with Crippen molar-refractivity contribution >= 4 is 38.2 Å². The van der Waals surface area contributed by atoms with Gasteiger partial charge in [0.15, 0.2) is 9.82 Å². The molecule has 1 heterocycles. The molecule has 72 valence electrons. The van der Waals surface area contributed by atoms with Gasteiger partial charge in [0.25, 0.3) is 0 Å². The molecule has 2 rings (SSSR count). The van der Waals surface area contributed by atoms with E-state index in [2.05, 4.69) is 9.37 Å². The minimum Gasteiger partial charge on any atom is -0.506 e. The van der Waals surface area contributed by atoms with Gasteiger partial charge in [-0.2, -0.15) is 4.37 Å². The molecule has 0 aliphatic rings. The Bertz CT molecular complexity index is 506. The van der Waals surface area contributed by atoms with Crippen molar-refractivity contribution in [1.82, 2.24) is 4.37 Å². The predicted molar refractivity (Wildman–Crippen MR) is 58.3 cm³/mol. The maximum atomic E-state index is 9.45. The number of para-hydroxylation sites is 2. The molecule has 0 amide bonds. The molecule has 1 N–H and O–H groups in total. The fourth-order valence-corrected chi connectivity index (χ4v) is 2.88. The summed E-state index contributed by atoms with van der Waals surface area (Å²) in [5.41, 5.74) is 0.505. The van der Waals surface area contributed by atoms with E-state index in [4.69, 9.17) is 11.6 Å². The number of hydrogen-bond donors (Lipinski definition) is 1. The van der Waals surface area contributed by atoms with Crippen molar-refractivity contribution in [1.29, 1.82) is 0 Å². The molecule has 0 radical (unpaired) electrons. The van der Waals surface area contributed by atoms with Crippen LogP contribution in [0.1, 0.15) is 0 Å². The molecule has 0 fully saturated rings. The molecule has 0 saturated heterocycles. The lowest BCUT2D eigenvalue weighted by Crippen LogP contribution is -1.92. The largest absolute Gasteiger partial charge is 0.506 e. The normalized spacial score (nSPS) is 11.9. The van der Waals surface area contributed by atoms with Gasteiger partial charge in [-0.05, 0) is 22.5 Å². The fraction of sp³-hybridized carbons (Fsp3) is 0. The average molecular weight is 245 g/mol. The lowest BCUT2D eigenvalue weighted by Gasteiger charge is -1.94. The molecule has 3 nitrogen and oxygen atoms in total. The van der Waals surface area contributed by atoms with Crippen LogP contribution in [0.15, 0.2) is 29.3 Å². The molecular formula is C8H5ClN2OS2. The second-order valence-electron chi connectivity index (χ2n) is 2.45. The summed E-state index contributed by atoms with van der Waals surface area (Å²) in [5, 5.41) is 9.83. The van der Waals surface area contributed by atoms with Crippen molar-refractivity contribution < 1.29 is 5.11 Å². The third kappa shape index (κ3) is 1.95. The minimum atomic E-state index is 0.141. The highest BCUT2D eigenvalue weighted by atomic mass is 35.5. The topological polar surface area (TPSA) is 45.5 Å². The third-order valence-corrected chi connectivity index (χ3v) is 3.68. The molecule has 1 aromatic heterocycles. The summed E-state index contributed by atoms with van der Waals surface area (Å²) < 4.78 is 4.52. The molecular weight excluding hydrogens is 240 g/mol. The van der Waals surface area contributed by atoms with Crippen molar-refractivity contribution in [3.8, 4) is 5.75 Å². The van der Waals surface area contributed by atoms with Crippen LogP contribution in [-0.2, 0) is 0 Å². The van der Waals surface area contributed by atoms with Crippen LogP contribution in [0.4, 0.5) is 5.69 Å². The van der Waals surface area contributed by atoms with Crippen molar-refractivity contribution in [2.45, 2.75) is 0 Å². The lowest BCUT2D eigenvalue weighted by molar-refractivity contribution is 0.476. The number of benzene rings is 1. The van der Waals surface area contributed by atoms with Crippen LogP contribution in [-0.4, -0.2) is 9.48 Å². The first-order valence-corrected chi connectivity index (χ1v) is 6.20. The minimum absolute atomic E-state index is 0.141. The Labute approximate surface area is 92.5 Å². The van der Waals surface area contributed by atoms with E-state index in [1.54, 1.807) is 24.3 Å². The SMILES string of the molecule is Oc1ccccc1N=c1ssnc1Cl. The molecule has 6 heteroatoms. The number of halogens is 1. The Balaban J connectivity index is 2.54. The Morgan fingerprint density at radius 1 is 1.36 bits per heavy atom. The Kier molecular flexibility index (Phi) is 2.81. The van der Waals surface area contributed by atoms with Gasteiger partial charge >= 0.3 is 0 Å². The van der Waals surface area contributed by atoms with E-state index >= 15 is 0 Å². The molecule has 0 aliphatic heterocycles. The van der Waals surface area contributed by atoms with Gasteiger partial charge in [0.1, 0.15) is 11.4 Å². The first-order chi connectivity index (χ1) is 6.77. The van der Waals surface area contributed by atoms with Crippen LogP contribution in [0.2, 0.25) is 5.15 Å². The van der Waals surface area contributed by atoms with Crippen molar-refractivity contribution in [3.63, 3.8) is 0 Å². The summed E-state index contributed by atoms with van der Waals surface area (Å²) in [6.07, 6.45) is 0. The number of aromatic nitrogens is 1. The third-order valence-electron chi connectivity index (χ3n) is 1.51. The summed E-state index contributed by atoms with van der Waals surface area (Å²) >= 11 is 5.78. The first-order valence-electron chi connectivity index (χ1n) is 3.71. The second kappa shape index (κ2) is 4.08. The second-order valence-corrected chi connectivity index (χ2v) is 4.64. The van der Waals surface area contributed by atoms with Gasteiger partial charge in [0.05, 0.1) is 0 Å². The smallest absolute Gasteiger partial charge is 0.179 e. The predicted octanol–water partition coefficient (Wildman–Crippen LogP) is 2.80.